The van der Waals surface area contributed by atoms with Crippen LogP contribution in [0.4, 0.5) is 27.7 Å². The Bertz CT molecular complexity index is 1410. The molecule has 5 aromatic rings. The summed E-state index contributed by atoms with van der Waals surface area (Å²) in [6, 6.07) is 30.1. The van der Waals surface area contributed by atoms with E-state index in [1.165, 1.54) is 0 Å². The van der Waals surface area contributed by atoms with Crippen LogP contribution in [0, 0.1) is 0 Å². The number of carbonyl (C=O) groups is 1. The van der Waals surface area contributed by atoms with E-state index < -0.39 is 0 Å². The van der Waals surface area contributed by atoms with Crippen LogP contribution in [0.15, 0.2) is 102 Å². The molecule has 4 aromatic carbocycles. The van der Waals surface area contributed by atoms with Crippen LogP contribution in [-0.4, -0.2) is 18.3 Å². The lowest BCUT2D eigenvalue weighted by Crippen LogP contribution is -2.19. The first-order valence-corrected chi connectivity index (χ1v) is 10.7. The van der Waals surface area contributed by atoms with E-state index in [9.17, 15) is 4.79 Å². The Balaban J connectivity index is 1.34. The van der Waals surface area contributed by atoms with Gasteiger partial charge in [0.05, 0.1) is 12.5 Å². The van der Waals surface area contributed by atoms with Gasteiger partial charge >= 0.3 is 6.03 Å². The van der Waals surface area contributed by atoms with Crippen molar-refractivity contribution in [2.75, 3.05) is 23.1 Å². The number of rotatable bonds is 6. The van der Waals surface area contributed by atoms with Crippen LogP contribution in [0.25, 0.3) is 22.0 Å². The molecular formula is C27H22N4O3. The molecule has 7 nitrogen and oxygen atoms in total. The van der Waals surface area contributed by atoms with Crippen LogP contribution >= 0.6 is 0 Å². The molecule has 0 unspecified atom stereocenters. The summed E-state index contributed by atoms with van der Waals surface area (Å²) in [5, 5.41) is 14.0. The molecular weight excluding hydrogens is 428 g/mol. The zero-order valence-corrected chi connectivity index (χ0v) is 18.4. The topological polar surface area (TPSA) is 88.4 Å². The Morgan fingerprint density at radius 2 is 1.44 bits per heavy atom. The molecule has 0 aliphatic carbocycles. The second-order valence-electron chi connectivity index (χ2n) is 7.59. The van der Waals surface area contributed by atoms with Gasteiger partial charge in [-0.2, -0.15) is 0 Å². The van der Waals surface area contributed by atoms with Crippen molar-refractivity contribution in [3.05, 3.63) is 97.1 Å². The van der Waals surface area contributed by atoms with Crippen molar-refractivity contribution in [1.82, 2.24) is 5.16 Å². The van der Waals surface area contributed by atoms with Gasteiger partial charge in [0.25, 0.3) is 0 Å². The Kier molecular flexibility index (Phi) is 5.82. The highest BCUT2D eigenvalue weighted by atomic mass is 16.5. The maximum Gasteiger partial charge on any atom is 0.323 e. The molecule has 0 aliphatic rings. The van der Waals surface area contributed by atoms with Crippen molar-refractivity contribution in [1.29, 1.82) is 0 Å². The highest BCUT2D eigenvalue weighted by Gasteiger charge is 2.14. The van der Waals surface area contributed by atoms with Gasteiger partial charge in [-0.25, -0.2) is 4.79 Å². The molecule has 168 valence electrons. The predicted molar refractivity (Wildman–Crippen MR) is 135 cm³/mol. The van der Waals surface area contributed by atoms with Crippen LogP contribution in [0.3, 0.4) is 0 Å². The van der Waals surface area contributed by atoms with Gasteiger partial charge in [-0.15, -0.1) is 0 Å². The summed E-state index contributed by atoms with van der Waals surface area (Å²) in [7, 11) is 1.60. The molecule has 5 rings (SSSR count). The number of urea groups is 1. The molecule has 34 heavy (non-hydrogen) atoms. The molecule has 0 saturated carbocycles. The third-order valence-corrected chi connectivity index (χ3v) is 5.34. The normalized spacial score (nSPS) is 10.6. The molecule has 0 aliphatic heterocycles. The lowest BCUT2D eigenvalue weighted by atomic mass is 10.0. The van der Waals surface area contributed by atoms with Crippen LogP contribution in [0.5, 0.6) is 5.75 Å². The average Bonchev–Trinajstić information content (AvgIpc) is 3.28. The van der Waals surface area contributed by atoms with Gasteiger partial charge in [0.1, 0.15) is 11.3 Å². The Labute approximate surface area is 196 Å². The Hall–Kier alpha value is -4.78. The van der Waals surface area contributed by atoms with Crippen molar-refractivity contribution in [2.45, 2.75) is 0 Å². The van der Waals surface area contributed by atoms with Crippen molar-refractivity contribution in [3.63, 3.8) is 0 Å². The molecule has 3 N–H and O–H groups in total. The summed E-state index contributed by atoms with van der Waals surface area (Å²) >= 11 is 0. The van der Waals surface area contributed by atoms with Crippen molar-refractivity contribution in [2.24, 2.45) is 0 Å². The standard InChI is InChI=1S/C27H22N4O3/c1-33-22-16-14-21(15-17-22)30-27(32)29-20-12-10-18(11-13-20)23-8-5-9-24-25(23)26(34-31-24)28-19-6-3-2-4-7-19/h2-17,28H,1H3,(H2,29,30,32). The molecule has 0 atom stereocenters. The van der Waals surface area contributed by atoms with E-state index in [2.05, 4.69) is 21.1 Å². The molecule has 0 saturated heterocycles. The number of ether oxygens (including phenoxy) is 1. The first-order chi connectivity index (χ1) is 16.7. The minimum absolute atomic E-state index is 0.326. The Morgan fingerprint density at radius 1 is 0.765 bits per heavy atom. The molecule has 0 bridgehead atoms. The van der Waals surface area contributed by atoms with Gasteiger partial charge in [-0.05, 0) is 65.7 Å². The van der Waals surface area contributed by atoms with Gasteiger partial charge in [0.2, 0.25) is 5.88 Å². The molecule has 0 fully saturated rings. The zero-order valence-electron chi connectivity index (χ0n) is 18.4. The van der Waals surface area contributed by atoms with Crippen LogP contribution in [0.2, 0.25) is 0 Å². The van der Waals surface area contributed by atoms with E-state index in [1.54, 1.807) is 31.4 Å². The Morgan fingerprint density at radius 3 is 2.12 bits per heavy atom. The monoisotopic (exact) mass is 450 g/mol. The van der Waals surface area contributed by atoms with Crippen LogP contribution in [0.1, 0.15) is 0 Å². The van der Waals surface area contributed by atoms with E-state index in [0.717, 1.165) is 33.5 Å². The minimum Gasteiger partial charge on any atom is -0.497 e. The van der Waals surface area contributed by atoms with E-state index in [0.29, 0.717) is 17.3 Å². The van der Waals surface area contributed by atoms with Crippen molar-refractivity contribution >= 4 is 39.9 Å². The molecule has 1 heterocycles. The number of amides is 2. The van der Waals surface area contributed by atoms with Crippen molar-refractivity contribution < 1.29 is 14.1 Å². The quantitative estimate of drug-likeness (QED) is 0.262. The zero-order chi connectivity index (χ0) is 23.3. The number of anilines is 4. The molecule has 0 spiro atoms. The number of methoxy groups -OCH3 is 1. The molecule has 0 radical (unpaired) electrons. The molecule has 7 heteroatoms. The second-order valence-corrected chi connectivity index (χ2v) is 7.59. The highest BCUT2D eigenvalue weighted by Crippen LogP contribution is 2.35. The van der Waals surface area contributed by atoms with Gasteiger partial charge in [0, 0.05) is 17.1 Å². The lowest BCUT2D eigenvalue weighted by Gasteiger charge is -2.10. The smallest absolute Gasteiger partial charge is 0.323 e. The van der Waals surface area contributed by atoms with Gasteiger partial charge < -0.3 is 25.2 Å². The summed E-state index contributed by atoms with van der Waals surface area (Å²) in [5.41, 5.74) is 4.98. The van der Waals surface area contributed by atoms with E-state index >= 15 is 0 Å². The second kappa shape index (κ2) is 9.38. The number of aromatic nitrogens is 1. The molecule has 2 amide bonds. The number of para-hydroxylation sites is 1. The predicted octanol–water partition coefficient (Wildman–Crippen LogP) is 6.89. The average molecular weight is 450 g/mol. The largest absolute Gasteiger partial charge is 0.497 e. The third kappa shape index (κ3) is 4.54. The number of hydrogen-bond acceptors (Lipinski definition) is 5. The summed E-state index contributed by atoms with van der Waals surface area (Å²) in [5.74, 6) is 1.31. The maximum atomic E-state index is 12.4. The summed E-state index contributed by atoms with van der Waals surface area (Å²) < 4.78 is 10.7. The SMILES string of the molecule is COc1ccc(NC(=O)Nc2ccc(-c3cccc4noc(Nc5ccccc5)c34)cc2)cc1. The fourth-order valence-electron chi connectivity index (χ4n) is 3.67. The van der Waals surface area contributed by atoms with Gasteiger partial charge in [0.15, 0.2) is 0 Å². The minimum atomic E-state index is -0.326. The number of carbonyl (C=O) groups excluding carboxylic acids is 1. The maximum absolute atomic E-state index is 12.4. The molecule has 1 aromatic heterocycles. The van der Waals surface area contributed by atoms with Crippen molar-refractivity contribution in [3.8, 4) is 16.9 Å². The first kappa shape index (κ1) is 21.1. The fraction of sp³-hybridized carbons (Fsp3) is 0.0370. The number of fused-ring (bicyclic) bond motifs is 1. The number of nitrogens with one attached hydrogen (secondary N) is 3. The van der Waals surface area contributed by atoms with Gasteiger partial charge in [-0.3, -0.25) is 0 Å². The van der Waals surface area contributed by atoms with E-state index in [4.69, 9.17) is 9.26 Å². The van der Waals surface area contributed by atoms with Crippen LogP contribution in [-0.2, 0) is 0 Å². The highest BCUT2D eigenvalue weighted by molar-refractivity contribution is 6.03. The summed E-state index contributed by atoms with van der Waals surface area (Å²) in [6.45, 7) is 0. The number of benzene rings is 4. The number of hydrogen-bond donors (Lipinski definition) is 3. The lowest BCUT2D eigenvalue weighted by molar-refractivity contribution is 0.262. The number of nitrogens with zero attached hydrogens (tertiary/aromatic N) is 1. The van der Waals surface area contributed by atoms with E-state index in [-0.39, 0.29) is 6.03 Å². The van der Waals surface area contributed by atoms with Gasteiger partial charge in [-0.1, -0.05) is 47.6 Å². The van der Waals surface area contributed by atoms with Crippen LogP contribution < -0.4 is 20.7 Å². The fourth-order valence-corrected chi connectivity index (χ4v) is 3.67. The summed E-state index contributed by atoms with van der Waals surface area (Å²) in [6.07, 6.45) is 0. The summed E-state index contributed by atoms with van der Waals surface area (Å²) in [4.78, 5) is 12.4. The first-order valence-electron chi connectivity index (χ1n) is 10.7. The third-order valence-electron chi connectivity index (χ3n) is 5.34. The van der Waals surface area contributed by atoms with E-state index in [1.807, 2.05) is 72.8 Å².